The lowest BCUT2D eigenvalue weighted by Gasteiger charge is -2.32. The van der Waals surface area contributed by atoms with Gasteiger partial charge in [0.1, 0.15) is 0 Å². The summed E-state index contributed by atoms with van der Waals surface area (Å²) in [6, 6.07) is 0. The van der Waals surface area contributed by atoms with E-state index < -0.39 is 0 Å². The van der Waals surface area contributed by atoms with E-state index in [0.717, 1.165) is 32.1 Å². The van der Waals surface area contributed by atoms with E-state index in [1.54, 1.807) is 0 Å². The fraction of sp³-hybridized carbons (Fsp3) is 0.706. The molecule has 0 saturated heterocycles. The maximum atomic E-state index is 12.3. The van der Waals surface area contributed by atoms with Crippen molar-refractivity contribution in [3.05, 3.63) is 12.2 Å². The van der Waals surface area contributed by atoms with Gasteiger partial charge in [0.25, 0.3) is 11.8 Å². The summed E-state index contributed by atoms with van der Waals surface area (Å²) in [4.78, 5) is 36.7. The Hall–Kier alpha value is -1.65. The van der Waals surface area contributed by atoms with Crippen molar-refractivity contribution in [2.24, 2.45) is 11.8 Å². The van der Waals surface area contributed by atoms with Crippen LogP contribution in [0.25, 0.3) is 0 Å². The number of imide groups is 1. The first-order valence-electron chi connectivity index (χ1n) is 8.18. The van der Waals surface area contributed by atoms with Gasteiger partial charge < -0.3 is 5.32 Å². The van der Waals surface area contributed by atoms with E-state index in [4.69, 9.17) is 0 Å². The van der Waals surface area contributed by atoms with E-state index >= 15 is 0 Å². The van der Waals surface area contributed by atoms with Crippen LogP contribution < -0.4 is 5.32 Å². The minimum Gasteiger partial charge on any atom is -0.351 e. The summed E-state index contributed by atoms with van der Waals surface area (Å²) in [5, 5.41) is 3.11. The number of rotatable bonds is 5. The third-order valence-electron chi connectivity index (χ3n) is 4.90. The lowest BCUT2D eigenvalue weighted by molar-refractivity contribution is -0.138. The van der Waals surface area contributed by atoms with Crippen LogP contribution in [0.1, 0.15) is 52.9 Å². The van der Waals surface area contributed by atoms with E-state index in [0.29, 0.717) is 12.5 Å². The van der Waals surface area contributed by atoms with Crippen LogP contribution in [0.5, 0.6) is 0 Å². The quantitative estimate of drug-likeness (QED) is 0.790. The van der Waals surface area contributed by atoms with Gasteiger partial charge in [0, 0.05) is 30.2 Å². The molecule has 2 aliphatic rings. The second-order valence-electron chi connectivity index (χ2n) is 7.06. The van der Waals surface area contributed by atoms with Crippen molar-refractivity contribution in [1.29, 1.82) is 0 Å². The Balaban J connectivity index is 1.79. The molecule has 122 valence electrons. The van der Waals surface area contributed by atoms with Crippen molar-refractivity contribution in [2.75, 3.05) is 6.54 Å². The first-order valence-corrected chi connectivity index (χ1v) is 8.18. The average molecular weight is 306 g/mol. The van der Waals surface area contributed by atoms with Crippen molar-refractivity contribution in [3.63, 3.8) is 0 Å². The summed E-state index contributed by atoms with van der Waals surface area (Å²) in [6.45, 7) is 6.62. The Morgan fingerprint density at radius 1 is 1.18 bits per heavy atom. The summed E-state index contributed by atoms with van der Waals surface area (Å²) < 4.78 is 0. The molecule has 5 heteroatoms. The zero-order valence-electron chi connectivity index (χ0n) is 13.7. The minimum atomic E-state index is -0.213. The molecule has 2 rings (SSSR count). The predicted molar refractivity (Wildman–Crippen MR) is 83.8 cm³/mol. The van der Waals surface area contributed by atoms with Crippen molar-refractivity contribution < 1.29 is 14.4 Å². The molecule has 0 radical (unpaired) electrons. The van der Waals surface area contributed by atoms with Crippen molar-refractivity contribution in [2.45, 2.75) is 58.4 Å². The Labute approximate surface area is 132 Å². The smallest absolute Gasteiger partial charge is 0.253 e. The van der Waals surface area contributed by atoms with Gasteiger partial charge in [-0.05, 0) is 51.9 Å². The summed E-state index contributed by atoms with van der Waals surface area (Å²) in [7, 11) is 0. The average Bonchev–Trinajstić information content (AvgIpc) is 2.79. The highest BCUT2D eigenvalue weighted by Crippen LogP contribution is 2.30. The van der Waals surface area contributed by atoms with Gasteiger partial charge in [-0.1, -0.05) is 6.92 Å². The maximum Gasteiger partial charge on any atom is 0.253 e. The Kier molecular flexibility index (Phi) is 5.04. The van der Waals surface area contributed by atoms with Crippen molar-refractivity contribution in [3.8, 4) is 0 Å². The summed E-state index contributed by atoms with van der Waals surface area (Å²) >= 11 is 0. The predicted octanol–water partition coefficient (Wildman–Crippen LogP) is 2.02. The highest BCUT2D eigenvalue weighted by Gasteiger charge is 2.32. The molecule has 0 bridgehead atoms. The fourth-order valence-corrected chi connectivity index (χ4v) is 3.00. The van der Waals surface area contributed by atoms with Crippen molar-refractivity contribution >= 4 is 17.7 Å². The van der Waals surface area contributed by atoms with Gasteiger partial charge in [-0.3, -0.25) is 19.3 Å². The zero-order chi connectivity index (χ0) is 16.3. The van der Waals surface area contributed by atoms with E-state index in [1.807, 2.05) is 13.8 Å². The lowest BCUT2D eigenvalue weighted by atomic mass is 9.81. The number of nitrogens with one attached hydrogen (secondary N) is 1. The van der Waals surface area contributed by atoms with Crippen LogP contribution in [0, 0.1) is 11.8 Å². The SMILES string of the molecule is CCC(C)(C)NC(=O)C1CCC(CN2C(=O)C=CC2=O)CC1. The highest BCUT2D eigenvalue weighted by molar-refractivity contribution is 6.12. The van der Waals surface area contributed by atoms with E-state index in [1.165, 1.54) is 17.1 Å². The highest BCUT2D eigenvalue weighted by atomic mass is 16.2. The van der Waals surface area contributed by atoms with Crippen LogP contribution in [0.15, 0.2) is 12.2 Å². The van der Waals surface area contributed by atoms with Crippen LogP contribution in [0.2, 0.25) is 0 Å². The van der Waals surface area contributed by atoms with Crippen LogP contribution in [0.3, 0.4) is 0 Å². The molecular formula is C17H26N2O3. The number of hydrogen-bond acceptors (Lipinski definition) is 3. The minimum absolute atomic E-state index is 0.0604. The second kappa shape index (κ2) is 6.63. The molecule has 1 fully saturated rings. The first-order chi connectivity index (χ1) is 10.3. The molecule has 0 spiro atoms. The molecule has 5 nitrogen and oxygen atoms in total. The van der Waals surface area contributed by atoms with Gasteiger partial charge in [-0.25, -0.2) is 0 Å². The molecule has 0 aromatic heterocycles. The molecule has 0 atom stereocenters. The van der Waals surface area contributed by atoms with E-state index in [9.17, 15) is 14.4 Å². The number of amides is 3. The molecule has 0 aromatic rings. The molecule has 3 amide bonds. The molecule has 0 aromatic carbocycles. The number of hydrogen-bond donors (Lipinski definition) is 1. The number of nitrogens with zero attached hydrogens (tertiary/aromatic N) is 1. The first kappa shape index (κ1) is 16.7. The van der Waals surface area contributed by atoms with E-state index in [2.05, 4.69) is 12.2 Å². The standard InChI is InChI=1S/C17H26N2O3/c1-4-17(2,3)18-16(22)13-7-5-12(6-8-13)11-19-14(20)9-10-15(19)21/h9-10,12-13H,4-8,11H2,1-3H3,(H,18,22). The third kappa shape index (κ3) is 3.96. The summed E-state index contributed by atoms with van der Waals surface area (Å²) in [5.41, 5.74) is -0.159. The van der Waals surface area contributed by atoms with Crippen molar-refractivity contribution in [1.82, 2.24) is 10.2 Å². The van der Waals surface area contributed by atoms with Gasteiger partial charge in [-0.2, -0.15) is 0 Å². The molecule has 22 heavy (non-hydrogen) atoms. The number of carbonyl (C=O) groups is 3. The van der Waals surface area contributed by atoms with Gasteiger partial charge in [0.2, 0.25) is 5.91 Å². The van der Waals surface area contributed by atoms with Gasteiger partial charge >= 0.3 is 0 Å². The fourth-order valence-electron chi connectivity index (χ4n) is 3.00. The Morgan fingerprint density at radius 2 is 1.73 bits per heavy atom. The largest absolute Gasteiger partial charge is 0.351 e. The molecule has 0 unspecified atom stereocenters. The monoisotopic (exact) mass is 306 g/mol. The Morgan fingerprint density at radius 3 is 2.23 bits per heavy atom. The van der Waals surface area contributed by atoms with Crippen LogP contribution in [-0.2, 0) is 14.4 Å². The molecule has 1 heterocycles. The van der Waals surface area contributed by atoms with E-state index in [-0.39, 0.29) is 29.2 Å². The zero-order valence-corrected chi connectivity index (χ0v) is 13.7. The number of carbonyl (C=O) groups excluding carboxylic acids is 3. The summed E-state index contributed by atoms with van der Waals surface area (Å²) in [6.07, 6.45) is 7.01. The summed E-state index contributed by atoms with van der Waals surface area (Å²) in [5.74, 6) is 0.0885. The molecular weight excluding hydrogens is 280 g/mol. The second-order valence-corrected chi connectivity index (χ2v) is 7.06. The van der Waals surface area contributed by atoms with Crippen LogP contribution in [0.4, 0.5) is 0 Å². The molecule has 1 aliphatic heterocycles. The van der Waals surface area contributed by atoms with Crippen LogP contribution in [-0.4, -0.2) is 34.7 Å². The maximum absolute atomic E-state index is 12.3. The van der Waals surface area contributed by atoms with Gasteiger partial charge in [0.15, 0.2) is 0 Å². The third-order valence-corrected chi connectivity index (χ3v) is 4.90. The normalized spacial score (nSPS) is 25.7. The Bertz CT molecular complexity index is 470. The topological polar surface area (TPSA) is 66.5 Å². The van der Waals surface area contributed by atoms with Crippen LogP contribution >= 0.6 is 0 Å². The molecule has 1 N–H and O–H groups in total. The van der Waals surface area contributed by atoms with Gasteiger partial charge in [-0.15, -0.1) is 0 Å². The van der Waals surface area contributed by atoms with Gasteiger partial charge in [0.05, 0.1) is 0 Å². The molecule has 1 aliphatic carbocycles. The lowest BCUT2D eigenvalue weighted by Crippen LogP contribution is -2.46. The molecule has 1 saturated carbocycles.